The highest BCUT2D eigenvalue weighted by atomic mass is 19.1. The summed E-state index contributed by atoms with van der Waals surface area (Å²) in [5.41, 5.74) is 2.71. The standard InChI is InChI=1S/C22H22FN3O2/c1-28-19-8-6-16(7-9-19)15-26-22(27)21-14-18(11-13-25-21)24-12-10-17-4-2-3-5-20(17)23/h2-9,11,13-14H,10,12,15H2,1H3,(H,24,25)(H,26,27). The van der Waals surface area contributed by atoms with Gasteiger partial charge in [-0.05, 0) is 47.9 Å². The maximum atomic E-state index is 13.7. The Morgan fingerprint density at radius 2 is 1.89 bits per heavy atom. The summed E-state index contributed by atoms with van der Waals surface area (Å²) < 4.78 is 18.8. The first-order valence-electron chi connectivity index (χ1n) is 9.00. The number of amides is 1. The third-order valence-electron chi connectivity index (χ3n) is 4.29. The van der Waals surface area contributed by atoms with Crippen LogP contribution in [-0.2, 0) is 13.0 Å². The van der Waals surface area contributed by atoms with E-state index in [2.05, 4.69) is 15.6 Å². The zero-order chi connectivity index (χ0) is 19.8. The van der Waals surface area contributed by atoms with Crippen molar-refractivity contribution in [1.29, 1.82) is 0 Å². The molecule has 1 heterocycles. The normalized spacial score (nSPS) is 10.4. The number of pyridine rings is 1. The molecule has 0 bridgehead atoms. The van der Waals surface area contributed by atoms with Crippen LogP contribution in [0.15, 0.2) is 66.9 Å². The number of rotatable bonds is 8. The van der Waals surface area contributed by atoms with E-state index in [-0.39, 0.29) is 11.7 Å². The first kappa shape index (κ1) is 19.4. The number of hydrogen-bond acceptors (Lipinski definition) is 4. The number of ether oxygens (including phenoxy) is 1. The molecular formula is C22H22FN3O2. The lowest BCUT2D eigenvalue weighted by Crippen LogP contribution is -2.23. The fourth-order valence-electron chi connectivity index (χ4n) is 2.72. The summed E-state index contributed by atoms with van der Waals surface area (Å²) in [5, 5.41) is 6.05. The molecule has 0 radical (unpaired) electrons. The molecule has 3 rings (SSSR count). The van der Waals surface area contributed by atoms with Gasteiger partial charge in [0.05, 0.1) is 7.11 Å². The van der Waals surface area contributed by atoms with Crippen molar-refractivity contribution < 1.29 is 13.9 Å². The third-order valence-corrected chi connectivity index (χ3v) is 4.29. The summed E-state index contributed by atoms with van der Waals surface area (Å²) in [5.74, 6) is 0.303. The van der Waals surface area contributed by atoms with E-state index in [4.69, 9.17) is 4.74 Å². The van der Waals surface area contributed by atoms with Crippen molar-refractivity contribution in [3.8, 4) is 5.75 Å². The third kappa shape index (κ3) is 5.30. The number of methoxy groups -OCH3 is 1. The van der Waals surface area contributed by atoms with Gasteiger partial charge in [-0.3, -0.25) is 9.78 Å². The predicted molar refractivity (Wildman–Crippen MR) is 107 cm³/mol. The molecule has 3 aromatic rings. The average molecular weight is 379 g/mol. The van der Waals surface area contributed by atoms with Gasteiger partial charge in [-0.25, -0.2) is 4.39 Å². The highest BCUT2D eigenvalue weighted by Gasteiger charge is 2.08. The lowest BCUT2D eigenvalue weighted by atomic mass is 10.1. The van der Waals surface area contributed by atoms with Gasteiger partial charge in [-0.2, -0.15) is 0 Å². The van der Waals surface area contributed by atoms with Crippen LogP contribution in [0, 0.1) is 5.82 Å². The molecule has 5 nitrogen and oxygen atoms in total. The van der Waals surface area contributed by atoms with E-state index in [9.17, 15) is 9.18 Å². The second kappa shape index (κ2) is 9.50. The molecule has 0 saturated heterocycles. The van der Waals surface area contributed by atoms with Gasteiger partial charge in [0.2, 0.25) is 0 Å². The monoisotopic (exact) mass is 379 g/mol. The zero-order valence-corrected chi connectivity index (χ0v) is 15.6. The molecule has 0 aliphatic rings. The molecule has 1 amide bonds. The van der Waals surface area contributed by atoms with Crippen molar-refractivity contribution in [2.24, 2.45) is 0 Å². The van der Waals surface area contributed by atoms with Gasteiger partial charge in [-0.15, -0.1) is 0 Å². The van der Waals surface area contributed by atoms with E-state index in [0.29, 0.717) is 30.8 Å². The molecule has 2 N–H and O–H groups in total. The van der Waals surface area contributed by atoms with E-state index in [1.165, 1.54) is 6.07 Å². The van der Waals surface area contributed by atoms with Crippen molar-refractivity contribution in [1.82, 2.24) is 10.3 Å². The van der Waals surface area contributed by atoms with Crippen LogP contribution in [0.5, 0.6) is 5.75 Å². The molecule has 0 fully saturated rings. The Balaban J connectivity index is 1.53. The molecule has 6 heteroatoms. The SMILES string of the molecule is COc1ccc(CNC(=O)c2cc(NCCc3ccccc3F)ccn2)cc1. The van der Waals surface area contributed by atoms with E-state index >= 15 is 0 Å². The molecule has 28 heavy (non-hydrogen) atoms. The summed E-state index contributed by atoms with van der Waals surface area (Å²) >= 11 is 0. The Hall–Kier alpha value is -3.41. The Labute approximate surface area is 163 Å². The van der Waals surface area contributed by atoms with Crippen LogP contribution in [0.2, 0.25) is 0 Å². The minimum absolute atomic E-state index is 0.211. The van der Waals surface area contributed by atoms with Crippen molar-refractivity contribution in [3.63, 3.8) is 0 Å². The molecule has 0 unspecified atom stereocenters. The van der Waals surface area contributed by atoms with Crippen molar-refractivity contribution in [3.05, 3.63) is 89.5 Å². The van der Waals surface area contributed by atoms with Crippen molar-refractivity contribution in [2.75, 3.05) is 19.0 Å². The van der Waals surface area contributed by atoms with E-state index in [1.807, 2.05) is 30.3 Å². The summed E-state index contributed by atoms with van der Waals surface area (Å²) in [6.07, 6.45) is 2.13. The van der Waals surface area contributed by atoms with Gasteiger partial charge in [0.25, 0.3) is 5.91 Å². The molecule has 0 saturated carbocycles. The smallest absolute Gasteiger partial charge is 0.270 e. The van der Waals surface area contributed by atoms with E-state index in [0.717, 1.165) is 17.0 Å². The fourth-order valence-corrected chi connectivity index (χ4v) is 2.72. The Morgan fingerprint density at radius 1 is 1.11 bits per heavy atom. The molecule has 144 valence electrons. The highest BCUT2D eigenvalue weighted by Crippen LogP contribution is 2.12. The fraction of sp³-hybridized carbons (Fsp3) is 0.182. The predicted octanol–water partition coefficient (Wildman–Crippen LogP) is 3.81. The minimum atomic E-state index is -0.256. The zero-order valence-electron chi connectivity index (χ0n) is 15.6. The topological polar surface area (TPSA) is 63.2 Å². The number of aromatic nitrogens is 1. The number of benzene rings is 2. The molecule has 2 aromatic carbocycles. The van der Waals surface area contributed by atoms with Crippen molar-refractivity contribution >= 4 is 11.6 Å². The summed E-state index contributed by atoms with van der Waals surface area (Å²) in [4.78, 5) is 16.5. The van der Waals surface area contributed by atoms with Crippen LogP contribution >= 0.6 is 0 Å². The number of hydrogen-bond donors (Lipinski definition) is 2. The Kier molecular flexibility index (Phi) is 6.57. The maximum Gasteiger partial charge on any atom is 0.270 e. The number of halogens is 1. The molecule has 0 aliphatic carbocycles. The first-order chi connectivity index (χ1) is 13.7. The number of anilines is 1. The minimum Gasteiger partial charge on any atom is -0.497 e. The maximum absolute atomic E-state index is 13.7. The average Bonchev–Trinajstić information content (AvgIpc) is 2.74. The van der Waals surface area contributed by atoms with Crippen molar-refractivity contribution in [2.45, 2.75) is 13.0 Å². The summed E-state index contributed by atoms with van der Waals surface area (Å²) in [6.45, 7) is 0.952. The van der Waals surface area contributed by atoms with Gasteiger partial charge < -0.3 is 15.4 Å². The summed E-state index contributed by atoms with van der Waals surface area (Å²) in [6, 6.07) is 17.7. The Bertz CT molecular complexity index is 929. The molecular weight excluding hydrogens is 357 g/mol. The summed E-state index contributed by atoms with van der Waals surface area (Å²) in [7, 11) is 1.61. The largest absolute Gasteiger partial charge is 0.497 e. The van der Waals surface area contributed by atoms with Gasteiger partial charge in [-0.1, -0.05) is 30.3 Å². The second-order valence-corrected chi connectivity index (χ2v) is 6.23. The van der Waals surface area contributed by atoms with Gasteiger partial charge in [0, 0.05) is 25.0 Å². The molecule has 0 spiro atoms. The number of carbonyl (C=O) groups excluding carboxylic acids is 1. The first-order valence-corrected chi connectivity index (χ1v) is 9.00. The van der Waals surface area contributed by atoms with Crippen LogP contribution in [0.3, 0.4) is 0 Å². The molecule has 0 atom stereocenters. The second-order valence-electron chi connectivity index (χ2n) is 6.23. The van der Waals surface area contributed by atoms with Crippen LogP contribution < -0.4 is 15.4 Å². The molecule has 1 aromatic heterocycles. The van der Waals surface area contributed by atoms with Crippen LogP contribution in [0.4, 0.5) is 10.1 Å². The van der Waals surface area contributed by atoms with E-state index < -0.39 is 0 Å². The van der Waals surface area contributed by atoms with Gasteiger partial charge in [0.15, 0.2) is 0 Å². The lowest BCUT2D eigenvalue weighted by Gasteiger charge is -2.09. The van der Waals surface area contributed by atoms with Crippen LogP contribution in [0.25, 0.3) is 0 Å². The highest BCUT2D eigenvalue weighted by molar-refractivity contribution is 5.93. The number of carbonyl (C=O) groups is 1. The quantitative estimate of drug-likeness (QED) is 0.625. The number of nitrogens with one attached hydrogen (secondary N) is 2. The van der Waals surface area contributed by atoms with E-state index in [1.54, 1.807) is 37.6 Å². The van der Waals surface area contributed by atoms with Crippen LogP contribution in [0.1, 0.15) is 21.6 Å². The molecule has 0 aliphatic heterocycles. The Morgan fingerprint density at radius 3 is 2.64 bits per heavy atom. The van der Waals surface area contributed by atoms with Gasteiger partial charge in [0.1, 0.15) is 17.3 Å². The number of nitrogens with zero attached hydrogens (tertiary/aromatic N) is 1. The van der Waals surface area contributed by atoms with Crippen LogP contribution in [-0.4, -0.2) is 24.5 Å². The van der Waals surface area contributed by atoms with Gasteiger partial charge >= 0.3 is 0 Å². The lowest BCUT2D eigenvalue weighted by molar-refractivity contribution is 0.0946.